The Bertz CT molecular complexity index is 335. The van der Waals surface area contributed by atoms with Crippen molar-refractivity contribution in [2.24, 2.45) is 5.92 Å². The van der Waals surface area contributed by atoms with Crippen molar-refractivity contribution in [3.05, 3.63) is 24.3 Å². The van der Waals surface area contributed by atoms with Crippen molar-refractivity contribution < 1.29 is 9.47 Å². The van der Waals surface area contributed by atoms with Crippen LogP contribution in [0.1, 0.15) is 33.6 Å². The average Bonchev–Trinajstić information content (AvgIpc) is 2.39. The first kappa shape index (κ1) is 16.4. The highest BCUT2D eigenvalue weighted by atomic mass is 32.2. The summed E-state index contributed by atoms with van der Waals surface area (Å²) in [5, 5.41) is 0. The zero-order chi connectivity index (χ0) is 14.1. The molecule has 1 rings (SSSR count). The van der Waals surface area contributed by atoms with E-state index in [1.165, 1.54) is 4.90 Å². The molecule has 0 heterocycles. The monoisotopic (exact) mass is 282 g/mol. The van der Waals surface area contributed by atoms with Crippen molar-refractivity contribution in [2.45, 2.75) is 44.6 Å². The standard InChI is InChI=1S/C16H26O2S/c1-13(2)17-11-9-14(3)10-12-18-15-5-7-16(19-4)8-6-15/h5-8,13-14H,9-12H2,1-4H3. The van der Waals surface area contributed by atoms with Crippen LogP contribution in [0, 0.1) is 5.92 Å². The van der Waals surface area contributed by atoms with E-state index in [9.17, 15) is 0 Å². The van der Waals surface area contributed by atoms with Crippen molar-refractivity contribution in [3.63, 3.8) is 0 Å². The predicted octanol–water partition coefficient (Wildman–Crippen LogP) is 4.63. The van der Waals surface area contributed by atoms with Gasteiger partial charge in [0.05, 0.1) is 12.7 Å². The quantitative estimate of drug-likeness (QED) is 0.615. The molecule has 0 saturated carbocycles. The van der Waals surface area contributed by atoms with Crippen LogP contribution in [-0.4, -0.2) is 25.6 Å². The van der Waals surface area contributed by atoms with Gasteiger partial charge < -0.3 is 9.47 Å². The Morgan fingerprint density at radius 2 is 1.63 bits per heavy atom. The third-order valence-corrected chi connectivity index (χ3v) is 3.74. The van der Waals surface area contributed by atoms with Gasteiger partial charge in [-0.2, -0.15) is 0 Å². The van der Waals surface area contributed by atoms with Gasteiger partial charge in [-0.1, -0.05) is 6.92 Å². The van der Waals surface area contributed by atoms with Crippen LogP contribution in [0.4, 0.5) is 0 Å². The highest BCUT2D eigenvalue weighted by Gasteiger charge is 2.04. The van der Waals surface area contributed by atoms with Crippen LogP contribution in [-0.2, 0) is 4.74 Å². The summed E-state index contributed by atoms with van der Waals surface area (Å²) < 4.78 is 11.3. The molecular weight excluding hydrogens is 256 g/mol. The molecule has 0 amide bonds. The first-order chi connectivity index (χ1) is 9.11. The SMILES string of the molecule is CSc1ccc(OCCC(C)CCOC(C)C)cc1. The summed E-state index contributed by atoms with van der Waals surface area (Å²) in [6.07, 6.45) is 4.59. The van der Waals surface area contributed by atoms with Crippen LogP contribution in [0.25, 0.3) is 0 Å². The molecule has 108 valence electrons. The van der Waals surface area contributed by atoms with E-state index in [2.05, 4.69) is 39.2 Å². The highest BCUT2D eigenvalue weighted by Crippen LogP contribution is 2.19. The smallest absolute Gasteiger partial charge is 0.119 e. The van der Waals surface area contributed by atoms with Gasteiger partial charge in [0, 0.05) is 11.5 Å². The molecule has 2 nitrogen and oxygen atoms in total. The fourth-order valence-corrected chi connectivity index (χ4v) is 2.11. The molecule has 0 fully saturated rings. The first-order valence-corrected chi connectivity index (χ1v) is 8.22. The summed E-state index contributed by atoms with van der Waals surface area (Å²) in [5.74, 6) is 1.60. The van der Waals surface area contributed by atoms with Gasteiger partial charge in [-0.25, -0.2) is 0 Å². The number of hydrogen-bond donors (Lipinski definition) is 0. The molecule has 0 bridgehead atoms. The molecule has 0 aliphatic rings. The molecule has 3 heteroatoms. The second kappa shape index (κ2) is 9.27. The van der Waals surface area contributed by atoms with Crippen LogP contribution >= 0.6 is 11.8 Å². The van der Waals surface area contributed by atoms with Crippen LogP contribution in [0.2, 0.25) is 0 Å². The maximum atomic E-state index is 5.75. The van der Waals surface area contributed by atoms with Crippen molar-refractivity contribution in [1.29, 1.82) is 0 Å². The zero-order valence-corrected chi connectivity index (χ0v) is 13.3. The van der Waals surface area contributed by atoms with Gasteiger partial charge in [0.25, 0.3) is 0 Å². The number of rotatable bonds is 9. The van der Waals surface area contributed by atoms with E-state index in [1.807, 2.05) is 12.1 Å². The van der Waals surface area contributed by atoms with Crippen molar-refractivity contribution >= 4 is 11.8 Å². The van der Waals surface area contributed by atoms with Gasteiger partial charge in [-0.15, -0.1) is 11.8 Å². The lowest BCUT2D eigenvalue weighted by molar-refractivity contribution is 0.0678. The highest BCUT2D eigenvalue weighted by molar-refractivity contribution is 7.98. The molecule has 0 N–H and O–H groups in total. The summed E-state index contributed by atoms with van der Waals surface area (Å²) >= 11 is 1.75. The van der Waals surface area contributed by atoms with Gasteiger partial charge in [0.2, 0.25) is 0 Å². The van der Waals surface area contributed by atoms with Crippen molar-refractivity contribution in [3.8, 4) is 5.75 Å². The van der Waals surface area contributed by atoms with Crippen LogP contribution < -0.4 is 4.74 Å². The molecule has 0 saturated heterocycles. The lowest BCUT2D eigenvalue weighted by atomic mass is 10.1. The molecule has 19 heavy (non-hydrogen) atoms. The summed E-state index contributed by atoms with van der Waals surface area (Å²) in [6.45, 7) is 8.03. The molecule has 0 radical (unpaired) electrons. The second-order valence-electron chi connectivity index (χ2n) is 5.13. The third kappa shape index (κ3) is 7.48. The average molecular weight is 282 g/mol. The molecule has 1 aromatic carbocycles. The molecule has 0 spiro atoms. The Morgan fingerprint density at radius 3 is 2.21 bits per heavy atom. The fourth-order valence-electron chi connectivity index (χ4n) is 1.70. The minimum atomic E-state index is 0.332. The fraction of sp³-hybridized carbons (Fsp3) is 0.625. The minimum Gasteiger partial charge on any atom is -0.494 e. The van der Waals surface area contributed by atoms with Gasteiger partial charge >= 0.3 is 0 Å². The lowest BCUT2D eigenvalue weighted by Gasteiger charge is -2.14. The summed E-state index contributed by atoms with van der Waals surface area (Å²) in [4.78, 5) is 1.27. The maximum absolute atomic E-state index is 5.75. The summed E-state index contributed by atoms with van der Waals surface area (Å²) in [5.41, 5.74) is 0. The van der Waals surface area contributed by atoms with E-state index in [0.29, 0.717) is 12.0 Å². The number of thioether (sulfide) groups is 1. The topological polar surface area (TPSA) is 18.5 Å². The number of hydrogen-bond acceptors (Lipinski definition) is 3. The maximum Gasteiger partial charge on any atom is 0.119 e. The molecular formula is C16H26O2S. The molecule has 1 aromatic rings. The zero-order valence-electron chi connectivity index (χ0n) is 12.5. The first-order valence-electron chi connectivity index (χ1n) is 7.00. The third-order valence-electron chi connectivity index (χ3n) is 3.00. The van der Waals surface area contributed by atoms with E-state index in [1.54, 1.807) is 11.8 Å². The van der Waals surface area contributed by atoms with Gasteiger partial charge in [0.15, 0.2) is 0 Å². The van der Waals surface area contributed by atoms with Crippen LogP contribution in [0.5, 0.6) is 5.75 Å². The van der Waals surface area contributed by atoms with Crippen molar-refractivity contribution in [1.82, 2.24) is 0 Å². The Morgan fingerprint density at radius 1 is 1.00 bits per heavy atom. The van der Waals surface area contributed by atoms with Crippen LogP contribution in [0.15, 0.2) is 29.2 Å². The molecule has 0 aliphatic carbocycles. The lowest BCUT2D eigenvalue weighted by Crippen LogP contribution is -2.10. The Hall–Kier alpha value is -0.670. The molecule has 1 atom stereocenters. The van der Waals surface area contributed by atoms with E-state index in [0.717, 1.165) is 31.8 Å². The van der Waals surface area contributed by atoms with Crippen LogP contribution in [0.3, 0.4) is 0 Å². The molecule has 0 aliphatic heterocycles. The van der Waals surface area contributed by atoms with Crippen molar-refractivity contribution in [2.75, 3.05) is 19.5 Å². The molecule has 0 aromatic heterocycles. The van der Waals surface area contributed by atoms with E-state index in [4.69, 9.17) is 9.47 Å². The second-order valence-corrected chi connectivity index (χ2v) is 6.01. The van der Waals surface area contributed by atoms with E-state index >= 15 is 0 Å². The Labute approximate surface area is 121 Å². The van der Waals surface area contributed by atoms with Gasteiger partial charge in [-0.3, -0.25) is 0 Å². The largest absolute Gasteiger partial charge is 0.494 e. The number of benzene rings is 1. The minimum absolute atomic E-state index is 0.332. The molecule has 1 unspecified atom stereocenters. The normalized spacial score (nSPS) is 12.7. The van der Waals surface area contributed by atoms with Gasteiger partial charge in [-0.05, 0) is 63.1 Å². The van der Waals surface area contributed by atoms with E-state index in [-0.39, 0.29) is 0 Å². The summed E-state index contributed by atoms with van der Waals surface area (Å²) in [6, 6.07) is 8.27. The Kier molecular flexibility index (Phi) is 7.99. The Balaban J connectivity index is 2.14. The predicted molar refractivity (Wildman–Crippen MR) is 83.2 cm³/mol. The van der Waals surface area contributed by atoms with Gasteiger partial charge in [0.1, 0.15) is 5.75 Å². The van der Waals surface area contributed by atoms with E-state index < -0.39 is 0 Å². The number of ether oxygens (including phenoxy) is 2. The summed E-state index contributed by atoms with van der Waals surface area (Å²) in [7, 11) is 0.